The second kappa shape index (κ2) is 17.3. The molecule has 0 radical (unpaired) electrons. The molecule has 2 atom stereocenters. The first-order valence-electron chi connectivity index (χ1n) is 17.7. The highest BCUT2D eigenvalue weighted by atomic mass is 19.4. The number of alkyl halides is 6. The maximum atomic E-state index is 13.3. The summed E-state index contributed by atoms with van der Waals surface area (Å²) in [6.07, 6.45) is -4.85. The summed E-state index contributed by atoms with van der Waals surface area (Å²) in [6, 6.07) is 7.66. The van der Waals surface area contributed by atoms with Gasteiger partial charge in [0.25, 0.3) is 5.91 Å². The predicted molar refractivity (Wildman–Crippen MR) is 196 cm³/mol. The number of anilines is 2. The van der Waals surface area contributed by atoms with Crippen LogP contribution in [-0.2, 0) is 26.8 Å². The molecule has 6 rings (SSSR count). The van der Waals surface area contributed by atoms with E-state index in [4.69, 9.17) is 35.3 Å². The van der Waals surface area contributed by atoms with Gasteiger partial charge in [0, 0.05) is 72.9 Å². The summed E-state index contributed by atoms with van der Waals surface area (Å²) in [4.78, 5) is 58.2. The maximum Gasteiger partial charge on any atom is 0.490 e. The van der Waals surface area contributed by atoms with E-state index in [-0.39, 0.29) is 17.9 Å². The van der Waals surface area contributed by atoms with Gasteiger partial charge in [0.1, 0.15) is 28.6 Å². The molecule has 2 amide bonds. The van der Waals surface area contributed by atoms with Crippen molar-refractivity contribution in [3.8, 4) is 17.0 Å². The second-order valence-electron chi connectivity index (χ2n) is 14.1. The van der Waals surface area contributed by atoms with E-state index in [1.165, 1.54) is 0 Å². The molecule has 1 aromatic carbocycles. The highest BCUT2D eigenvalue weighted by Gasteiger charge is 2.45. The number of carboxylic acid groups (broad SMARTS) is 2. The molecule has 0 aliphatic carbocycles. The number of aryl methyl sites for hydroxylation is 2. The molecule has 4 aromatic rings. The molecule has 22 heteroatoms. The molecule has 16 nitrogen and oxygen atoms in total. The Labute approximate surface area is 327 Å². The SMILES string of the molecule is CCOc1cc(C(=O)Nc2cc(C)n(C)n2)ccc1-c1nc([C@@]2(C)CC[C@@H]3CN(C(C)C)CC(=O)N3C2)n2ccnc(N)c12.O=C(O)C(F)(F)F.O=C(O)C(F)(F)F. The van der Waals surface area contributed by atoms with Crippen LogP contribution in [0.5, 0.6) is 5.75 Å². The number of carboxylic acids is 2. The van der Waals surface area contributed by atoms with Crippen LogP contribution in [0.25, 0.3) is 16.8 Å². The topological polar surface area (TPSA) is 211 Å². The lowest BCUT2D eigenvalue weighted by molar-refractivity contribution is -0.193. The molecule has 0 unspecified atom stereocenters. The largest absolute Gasteiger partial charge is 0.493 e. The number of nitrogens with zero attached hydrogens (tertiary/aromatic N) is 7. The van der Waals surface area contributed by atoms with E-state index in [2.05, 4.69) is 46.0 Å². The molecule has 2 aliphatic heterocycles. The number of aliphatic carboxylic acids is 2. The summed E-state index contributed by atoms with van der Waals surface area (Å²) in [5.41, 5.74) is 9.46. The van der Waals surface area contributed by atoms with E-state index in [0.29, 0.717) is 65.5 Å². The molecule has 58 heavy (non-hydrogen) atoms. The third-order valence-corrected chi connectivity index (χ3v) is 9.59. The van der Waals surface area contributed by atoms with E-state index >= 15 is 0 Å². The van der Waals surface area contributed by atoms with Crippen LogP contribution in [-0.4, -0.2) is 119 Å². The van der Waals surface area contributed by atoms with Crippen molar-refractivity contribution in [1.29, 1.82) is 0 Å². The molecule has 0 bridgehead atoms. The molecular formula is C36H43F6N9O7. The van der Waals surface area contributed by atoms with Gasteiger partial charge in [0.2, 0.25) is 5.91 Å². The Hall–Kier alpha value is -5.93. The number of fused-ring (bicyclic) bond motifs is 2. The Bertz CT molecular complexity index is 2130. The maximum absolute atomic E-state index is 13.3. The fourth-order valence-electron chi connectivity index (χ4n) is 6.50. The first-order chi connectivity index (χ1) is 26.9. The van der Waals surface area contributed by atoms with Gasteiger partial charge in [-0.3, -0.25) is 23.6 Å². The van der Waals surface area contributed by atoms with Gasteiger partial charge in [-0.05, 0) is 58.7 Å². The van der Waals surface area contributed by atoms with Crippen molar-refractivity contribution in [3.05, 3.63) is 53.7 Å². The van der Waals surface area contributed by atoms with E-state index in [0.717, 1.165) is 30.9 Å². The zero-order valence-electron chi connectivity index (χ0n) is 32.3. The van der Waals surface area contributed by atoms with Gasteiger partial charge in [-0.15, -0.1) is 0 Å². The number of amides is 2. The second-order valence-corrected chi connectivity index (χ2v) is 14.1. The molecule has 2 saturated heterocycles. The zero-order chi connectivity index (χ0) is 43.5. The van der Waals surface area contributed by atoms with E-state index in [9.17, 15) is 35.9 Å². The molecule has 2 aliphatic rings. The van der Waals surface area contributed by atoms with Gasteiger partial charge in [-0.1, -0.05) is 6.92 Å². The fraction of sp³-hybridized carbons (Fsp3) is 0.472. The number of benzene rings is 1. The van der Waals surface area contributed by atoms with Crippen LogP contribution in [0.3, 0.4) is 0 Å². The van der Waals surface area contributed by atoms with Gasteiger partial charge in [0.05, 0.1) is 13.2 Å². The predicted octanol–water partition coefficient (Wildman–Crippen LogP) is 4.91. The summed E-state index contributed by atoms with van der Waals surface area (Å²) in [6.45, 7) is 12.6. The highest BCUT2D eigenvalue weighted by Crippen LogP contribution is 2.42. The minimum absolute atomic E-state index is 0.163. The average Bonchev–Trinajstić information content (AvgIpc) is 3.68. The molecule has 3 aromatic heterocycles. The van der Waals surface area contributed by atoms with E-state index < -0.39 is 29.7 Å². The first kappa shape index (κ1) is 44.8. The van der Waals surface area contributed by atoms with Gasteiger partial charge >= 0.3 is 24.3 Å². The zero-order valence-corrected chi connectivity index (χ0v) is 32.3. The Kier molecular flexibility index (Phi) is 13.3. The van der Waals surface area contributed by atoms with Crippen LogP contribution in [0.4, 0.5) is 38.0 Å². The number of nitrogen functional groups attached to an aromatic ring is 1. The Balaban J connectivity index is 0.000000456. The Morgan fingerprint density at radius 2 is 1.71 bits per heavy atom. The standard InChI is InChI=1S/C32H41N9O3.2C2HF3O2/c1-7-44-24-15-21(30(43)35-25-14-20(4)38(6)37-25)8-9-23(24)27-28-29(33)34-12-13-40(28)31(36-27)32(5)11-10-22-16-39(19(2)3)17-26(42)41(22)18-32;2*3-2(4,5)1(6)7/h8-9,12-15,19,22H,7,10-11,16-18H2,1-6H3,(H2,33,34)(H,35,37,43);2*(H,6,7)/t22-,32+;;/m1../s1. The van der Waals surface area contributed by atoms with Crippen molar-refractivity contribution >= 4 is 40.9 Å². The van der Waals surface area contributed by atoms with E-state index in [1.54, 1.807) is 23.0 Å². The van der Waals surface area contributed by atoms with Crippen molar-refractivity contribution in [2.45, 2.75) is 77.3 Å². The average molecular weight is 828 g/mol. The summed E-state index contributed by atoms with van der Waals surface area (Å²) >= 11 is 0. The number of rotatable bonds is 7. The number of nitrogens with one attached hydrogen (secondary N) is 1. The third-order valence-electron chi connectivity index (χ3n) is 9.59. The van der Waals surface area contributed by atoms with Crippen molar-refractivity contribution in [1.82, 2.24) is 33.9 Å². The van der Waals surface area contributed by atoms with Crippen LogP contribution < -0.4 is 15.8 Å². The molecular weight excluding hydrogens is 784 g/mol. The summed E-state index contributed by atoms with van der Waals surface area (Å²) in [7, 11) is 1.83. The number of nitrogens with two attached hydrogens (primary N) is 1. The Morgan fingerprint density at radius 1 is 1.09 bits per heavy atom. The molecule has 5 heterocycles. The molecule has 2 fully saturated rings. The minimum Gasteiger partial charge on any atom is -0.493 e. The number of hydrogen-bond acceptors (Lipinski definition) is 10. The Morgan fingerprint density at radius 3 is 2.24 bits per heavy atom. The summed E-state index contributed by atoms with van der Waals surface area (Å²) in [5.74, 6) is -3.48. The van der Waals surface area contributed by atoms with Crippen molar-refractivity contribution in [3.63, 3.8) is 0 Å². The lowest BCUT2D eigenvalue weighted by atomic mass is 9.77. The van der Waals surface area contributed by atoms with Crippen LogP contribution in [0.2, 0.25) is 0 Å². The monoisotopic (exact) mass is 827 g/mol. The molecule has 0 spiro atoms. The number of imidazole rings is 1. The van der Waals surface area contributed by atoms with Gasteiger partial charge in [0.15, 0.2) is 5.82 Å². The van der Waals surface area contributed by atoms with Gasteiger partial charge < -0.3 is 30.9 Å². The number of aromatic nitrogens is 5. The minimum atomic E-state index is -5.08. The van der Waals surface area contributed by atoms with Gasteiger partial charge in [-0.2, -0.15) is 31.4 Å². The number of piperidine rings is 1. The van der Waals surface area contributed by atoms with Crippen molar-refractivity contribution in [2.24, 2.45) is 7.05 Å². The summed E-state index contributed by atoms with van der Waals surface area (Å²) in [5, 5.41) is 21.4. The van der Waals surface area contributed by atoms with E-state index in [1.807, 2.05) is 43.6 Å². The van der Waals surface area contributed by atoms with Crippen LogP contribution >= 0.6 is 0 Å². The first-order valence-corrected chi connectivity index (χ1v) is 17.7. The number of hydrogen-bond donors (Lipinski definition) is 4. The molecule has 5 N–H and O–H groups in total. The lowest BCUT2D eigenvalue weighted by Crippen LogP contribution is -2.63. The normalized spacial score (nSPS) is 18.5. The fourth-order valence-corrected chi connectivity index (χ4v) is 6.50. The van der Waals surface area contributed by atoms with Crippen molar-refractivity contribution < 1.29 is 60.5 Å². The lowest BCUT2D eigenvalue weighted by Gasteiger charge is -2.50. The van der Waals surface area contributed by atoms with Crippen LogP contribution in [0, 0.1) is 6.92 Å². The van der Waals surface area contributed by atoms with Crippen LogP contribution in [0.1, 0.15) is 62.4 Å². The number of halogens is 6. The molecule has 316 valence electrons. The number of piperazine rings is 1. The smallest absolute Gasteiger partial charge is 0.490 e. The van der Waals surface area contributed by atoms with Gasteiger partial charge in [-0.25, -0.2) is 19.6 Å². The third kappa shape index (κ3) is 10.1. The number of carbonyl (C=O) groups is 4. The summed E-state index contributed by atoms with van der Waals surface area (Å²) < 4.78 is 73.3. The number of ether oxygens (including phenoxy) is 1. The van der Waals surface area contributed by atoms with Crippen LogP contribution in [0.15, 0.2) is 36.7 Å². The highest BCUT2D eigenvalue weighted by molar-refractivity contribution is 6.04. The molecule has 0 saturated carbocycles. The quantitative estimate of drug-likeness (QED) is 0.183. The number of carbonyl (C=O) groups excluding carboxylic acids is 2. The van der Waals surface area contributed by atoms with Crippen molar-refractivity contribution in [2.75, 3.05) is 37.3 Å².